The Bertz CT molecular complexity index is 1280. The van der Waals surface area contributed by atoms with E-state index in [1.165, 1.54) is 16.5 Å². The molecule has 2 aromatic carbocycles. The summed E-state index contributed by atoms with van der Waals surface area (Å²) in [7, 11) is 1.70. The van der Waals surface area contributed by atoms with Crippen molar-refractivity contribution in [2.24, 2.45) is 0 Å². The molecule has 0 aliphatic carbocycles. The second-order valence-corrected chi connectivity index (χ2v) is 9.17. The fourth-order valence-electron chi connectivity index (χ4n) is 5.12. The van der Waals surface area contributed by atoms with Crippen LogP contribution < -0.4 is 10.6 Å². The molecule has 1 atom stereocenters. The zero-order valence-corrected chi connectivity index (χ0v) is 19.9. The molecule has 0 spiro atoms. The minimum Gasteiger partial charge on any atom is -0.383 e. The summed E-state index contributed by atoms with van der Waals surface area (Å²) in [4.78, 5) is 39.8. The molecule has 0 saturated carbocycles. The Morgan fingerprint density at radius 1 is 1.20 bits per heavy atom. The van der Waals surface area contributed by atoms with Crippen molar-refractivity contribution >= 4 is 40.0 Å². The van der Waals surface area contributed by atoms with E-state index >= 15 is 0 Å². The molecule has 8 nitrogen and oxygen atoms in total. The molecule has 0 radical (unpaired) electrons. The molecule has 1 unspecified atom stereocenters. The number of methoxy groups -OCH3 is 1. The van der Waals surface area contributed by atoms with Gasteiger partial charge >= 0.3 is 0 Å². The Morgan fingerprint density at radius 2 is 2.06 bits per heavy atom. The van der Waals surface area contributed by atoms with E-state index in [4.69, 9.17) is 4.74 Å². The second-order valence-electron chi connectivity index (χ2n) is 9.17. The molecule has 2 aliphatic rings. The minimum absolute atomic E-state index is 0.0998. The van der Waals surface area contributed by atoms with Crippen molar-refractivity contribution in [2.75, 3.05) is 30.9 Å². The van der Waals surface area contributed by atoms with Crippen LogP contribution in [0.5, 0.6) is 0 Å². The predicted molar refractivity (Wildman–Crippen MR) is 135 cm³/mol. The normalized spacial score (nSPS) is 17.2. The van der Waals surface area contributed by atoms with Crippen LogP contribution in [0.3, 0.4) is 0 Å². The third-order valence-electron chi connectivity index (χ3n) is 6.87. The van der Waals surface area contributed by atoms with Crippen LogP contribution in [0.25, 0.3) is 10.9 Å². The molecule has 3 aromatic rings. The average Bonchev–Trinajstić information content (AvgIpc) is 3.47. The number of hydrogen-bond acceptors (Lipinski definition) is 4. The molecular weight excluding hydrogens is 444 g/mol. The van der Waals surface area contributed by atoms with Gasteiger partial charge in [-0.05, 0) is 55.5 Å². The zero-order valence-electron chi connectivity index (χ0n) is 19.9. The lowest BCUT2D eigenvalue weighted by molar-refractivity contribution is -0.119. The van der Waals surface area contributed by atoms with Gasteiger partial charge in [0, 0.05) is 49.4 Å². The molecular formula is C27H30N4O4. The van der Waals surface area contributed by atoms with Crippen molar-refractivity contribution in [1.29, 1.82) is 0 Å². The van der Waals surface area contributed by atoms with E-state index in [2.05, 4.69) is 33.5 Å². The molecule has 35 heavy (non-hydrogen) atoms. The van der Waals surface area contributed by atoms with Gasteiger partial charge < -0.3 is 24.8 Å². The first-order valence-corrected chi connectivity index (χ1v) is 12.2. The summed E-state index contributed by atoms with van der Waals surface area (Å²) in [5.74, 6) is -0.408. The van der Waals surface area contributed by atoms with E-state index < -0.39 is 6.04 Å². The lowest BCUT2D eigenvalue weighted by atomic mass is 10.1. The summed E-state index contributed by atoms with van der Waals surface area (Å²) in [6.45, 7) is 2.01. The van der Waals surface area contributed by atoms with Gasteiger partial charge in [-0.1, -0.05) is 18.2 Å². The summed E-state index contributed by atoms with van der Waals surface area (Å²) >= 11 is 0. The molecule has 1 aromatic heterocycles. The molecule has 3 heterocycles. The number of benzene rings is 2. The first-order chi connectivity index (χ1) is 17.0. The van der Waals surface area contributed by atoms with Crippen molar-refractivity contribution in [3.05, 3.63) is 59.8 Å². The van der Waals surface area contributed by atoms with Gasteiger partial charge in [0.2, 0.25) is 11.8 Å². The highest BCUT2D eigenvalue weighted by atomic mass is 16.5. The third kappa shape index (κ3) is 4.66. The number of rotatable bonds is 8. The van der Waals surface area contributed by atoms with Crippen LogP contribution in [0.4, 0.5) is 11.4 Å². The van der Waals surface area contributed by atoms with Gasteiger partial charge in [0.05, 0.1) is 17.9 Å². The van der Waals surface area contributed by atoms with Gasteiger partial charge in [0.1, 0.15) is 6.04 Å². The van der Waals surface area contributed by atoms with E-state index in [0.717, 1.165) is 19.4 Å². The summed E-state index contributed by atoms with van der Waals surface area (Å²) in [5.41, 5.74) is 3.87. The number of hydrogen-bond donors (Lipinski definition) is 2. The first-order valence-electron chi connectivity index (χ1n) is 12.2. The second kappa shape index (κ2) is 9.92. The van der Waals surface area contributed by atoms with Crippen LogP contribution in [0.2, 0.25) is 0 Å². The molecule has 182 valence electrons. The number of anilines is 2. The molecule has 5 rings (SSSR count). The average molecular weight is 475 g/mol. The molecule has 8 heteroatoms. The number of fused-ring (bicyclic) bond motifs is 3. The Hall–Kier alpha value is -3.65. The standard InChI is InChI=1S/C27H30N4O4/c1-35-15-14-30-17-18(20-7-2-3-8-23(20)30)6-4-10-25(32)28-19-11-12-22-21(16-19)27(34)31-13-5-9-24(31)26(33)29-22/h2-3,7-8,11-12,16-17,24H,4-6,9-10,13-15H2,1H3,(H,28,32)(H,29,33). The fraction of sp³-hybridized carbons (Fsp3) is 0.370. The lowest BCUT2D eigenvalue weighted by Gasteiger charge is -2.20. The van der Waals surface area contributed by atoms with Crippen molar-refractivity contribution in [3.8, 4) is 0 Å². The quantitative estimate of drug-likeness (QED) is 0.519. The van der Waals surface area contributed by atoms with Gasteiger partial charge in [-0.3, -0.25) is 14.4 Å². The number of nitrogens with zero attached hydrogens (tertiary/aromatic N) is 2. The first kappa shape index (κ1) is 23.1. The highest BCUT2D eigenvalue weighted by molar-refractivity contribution is 6.11. The van der Waals surface area contributed by atoms with Crippen LogP contribution in [0.1, 0.15) is 41.6 Å². The van der Waals surface area contributed by atoms with Crippen LogP contribution in [-0.4, -0.2) is 53.5 Å². The van der Waals surface area contributed by atoms with E-state index in [9.17, 15) is 14.4 Å². The van der Waals surface area contributed by atoms with Gasteiger partial charge in [0.15, 0.2) is 0 Å². The van der Waals surface area contributed by atoms with Crippen LogP contribution >= 0.6 is 0 Å². The summed E-state index contributed by atoms with van der Waals surface area (Å²) in [6.07, 6.45) is 5.52. The lowest BCUT2D eigenvalue weighted by Crippen LogP contribution is -2.40. The third-order valence-corrected chi connectivity index (χ3v) is 6.87. The fourth-order valence-corrected chi connectivity index (χ4v) is 5.12. The Morgan fingerprint density at radius 3 is 2.91 bits per heavy atom. The minimum atomic E-state index is -0.409. The number of para-hydroxylation sites is 1. The van der Waals surface area contributed by atoms with Crippen LogP contribution in [0.15, 0.2) is 48.7 Å². The molecule has 3 amide bonds. The maximum absolute atomic E-state index is 13.0. The highest BCUT2D eigenvalue weighted by Crippen LogP contribution is 2.30. The molecule has 1 fully saturated rings. The van der Waals surface area contributed by atoms with E-state index in [1.54, 1.807) is 30.2 Å². The summed E-state index contributed by atoms with van der Waals surface area (Å²) < 4.78 is 7.43. The predicted octanol–water partition coefficient (Wildman–Crippen LogP) is 3.81. The summed E-state index contributed by atoms with van der Waals surface area (Å²) in [5, 5.41) is 6.98. The number of amides is 3. The van der Waals surface area contributed by atoms with Crippen molar-refractivity contribution in [1.82, 2.24) is 9.47 Å². The van der Waals surface area contributed by atoms with Gasteiger partial charge in [-0.25, -0.2) is 0 Å². The van der Waals surface area contributed by atoms with Crippen LogP contribution in [0, 0.1) is 0 Å². The van der Waals surface area contributed by atoms with Gasteiger partial charge in [-0.15, -0.1) is 0 Å². The Labute approximate surface area is 204 Å². The SMILES string of the molecule is COCCn1cc(CCCC(=O)Nc2ccc3c(c2)C(=O)N2CCCC2C(=O)N3)c2ccccc21. The molecule has 0 bridgehead atoms. The smallest absolute Gasteiger partial charge is 0.256 e. The molecule has 2 aliphatic heterocycles. The Kier molecular flexibility index (Phi) is 6.55. The molecule has 2 N–H and O–H groups in total. The number of aryl methyl sites for hydroxylation is 1. The van der Waals surface area contributed by atoms with E-state index in [1.807, 2.05) is 12.1 Å². The zero-order chi connectivity index (χ0) is 24.4. The number of ether oxygens (including phenoxy) is 1. The summed E-state index contributed by atoms with van der Waals surface area (Å²) in [6, 6.07) is 13.0. The van der Waals surface area contributed by atoms with Crippen molar-refractivity contribution in [2.45, 2.75) is 44.7 Å². The van der Waals surface area contributed by atoms with E-state index in [0.29, 0.717) is 49.4 Å². The van der Waals surface area contributed by atoms with Gasteiger partial charge in [-0.2, -0.15) is 0 Å². The largest absolute Gasteiger partial charge is 0.383 e. The number of aromatic nitrogens is 1. The maximum Gasteiger partial charge on any atom is 0.256 e. The van der Waals surface area contributed by atoms with Gasteiger partial charge in [0.25, 0.3) is 5.91 Å². The number of carbonyl (C=O) groups is 3. The molecule has 1 saturated heterocycles. The Balaban J connectivity index is 1.22. The number of carbonyl (C=O) groups excluding carboxylic acids is 3. The maximum atomic E-state index is 13.0. The highest BCUT2D eigenvalue weighted by Gasteiger charge is 2.38. The van der Waals surface area contributed by atoms with Crippen molar-refractivity contribution < 1.29 is 19.1 Å². The monoisotopic (exact) mass is 474 g/mol. The van der Waals surface area contributed by atoms with Crippen LogP contribution in [-0.2, 0) is 27.3 Å². The number of nitrogens with one attached hydrogen (secondary N) is 2. The van der Waals surface area contributed by atoms with E-state index in [-0.39, 0.29) is 17.7 Å². The van der Waals surface area contributed by atoms with Crippen molar-refractivity contribution in [3.63, 3.8) is 0 Å². The topological polar surface area (TPSA) is 92.7 Å².